The van der Waals surface area contributed by atoms with Crippen molar-refractivity contribution in [1.82, 2.24) is 20.1 Å². The highest BCUT2D eigenvalue weighted by molar-refractivity contribution is 8.00. The van der Waals surface area contributed by atoms with Crippen LogP contribution in [0.2, 0.25) is 0 Å². The molecule has 0 fully saturated rings. The molecule has 152 valence electrons. The van der Waals surface area contributed by atoms with Gasteiger partial charge in [0.05, 0.1) is 5.25 Å². The van der Waals surface area contributed by atoms with Crippen LogP contribution in [0.1, 0.15) is 34.1 Å². The van der Waals surface area contributed by atoms with Gasteiger partial charge in [-0.05, 0) is 51.5 Å². The molecule has 3 aromatic rings. The van der Waals surface area contributed by atoms with Crippen molar-refractivity contribution in [1.29, 1.82) is 0 Å². The first-order valence-electron chi connectivity index (χ1n) is 9.56. The van der Waals surface area contributed by atoms with E-state index in [2.05, 4.69) is 15.5 Å². The van der Waals surface area contributed by atoms with Crippen LogP contribution in [0, 0.1) is 5.82 Å². The van der Waals surface area contributed by atoms with E-state index in [1.54, 1.807) is 12.1 Å². The predicted octanol–water partition coefficient (Wildman–Crippen LogP) is 4.86. The molecule has 1 heterocycles. The Morgan fingerprint density at radius 1 is 1.14 bits per heavy atom. The zero-order valence-electron chi connectivity index (χ0n) is 17.0. The van der Waals surface area contributed by atoms with Crippen molar-refractivity contribution in [3.05, 3.63) is 60.4 Å². The van der Waals surface area contributed by atoms with Crippen molar-refractivity contribution in [2.24, 2.45) is 0 Å². The van der Waals surface area contributed by atoms with Gasteiger partial charge in [0.25, 0.3) is 0 Å². The number of hydrogen-bond donors (Lipinski definition) is 1. The SMILES string of the molecule is CCC(C)(C)NC(=O)C(C)Sc1nnc(-c2ccccc2)n1-c1ccc(F)cc1. The second-order valence-electron chi connectivity index (χ2n) is 7.47. The number of thioether (sulfide) groups is 1. The molecule has 0 aliphatic rings. The third kappa shape index (κ3) is 5.03. The summed E-state index contributed by atoms with van der Waals surface area (Å²) in [6.45, 7) is 7.88. The number of halogens is 1. The number of hydrogen-bond acceptors (Lipinski definition) is 4. The van der Waals surface area contributed by atoms with Crippen LogP contribution in [0.3, 0.4) is 0 Å². The molecule has 1 N–H and O–H groups in total. The molecule has 7 heteroatoms. The maximum Gasteiger partial charge on any atom is 0.233 e. The van der Waals surface area contributed by atoms with E-state index in [0.717, 1.165) is 17.7 Å². The van der Waals surface area contributed by atoms with Crippen LogP contribution in [0.4, 0.5) is 4.39 Å². The lowest BCUT2D eigenvalue weighted by Crippen LogP contribution is -2.46. The lowest BCUT2D eigenvalue weighted by atomic mass is 10.0. The van der Waals surface area contributed by atoms with Gasteiger partial charge in [-0.1, -0.05) is 49.0 Å². The number of carbonyl (C=O) groups is 1. The van der Waals surface area contributed by atoms with Gasteiger partial charge in [0.2, 0.25) is 5.91 Å². The molecule has 0 saturated heterocycles. The molecule has 0 spiro atoms. The third-order valence-corrected chi connectivity index (χ3v) is 5.79. The quantitative estimate of drug-likeness (QED) is 0.563. The Morgan fingerprint density at radius 2 is 1.79 bits per heavy atom. The van der Waals surface area contributed by atoms with Gasteiger partial charge in [-0.25, -0.2) is 4.39 Å². The van der Waals surface area contributed by atoms with Gasteiger partial charge >= 0.3 is 0 Å². The topological polar surface area (TPSA) is 59.8 Å². The van der Waals surface area contributed by atoms with Crippen LogP contribution in [0.25, 0.3) is 17.1 Å². The molecule has 3 rings (SSSR count). The number of rotatable bonds is 7. The highest BCUT2D eigenvalue weighted by Crippen LogP contribution is 2.30. The van der Waals surface area contributed by atoms with Crippen LogP contribution < -0.4 is 5.32 Å². The van der Waals surface area contributed by atoms with Gasteiger partial charge in [0.1, 0.15) is 5.82 Å². The zero-order chi connectivity index (χ0) is 21.0. The predicted molar refractivity (Wildman–Crippen MR) is 115 cm³/mol. The van der Waals surface area contributed by atoms with Gasteiger partial charge in [0.15, 0.2) is 11.0 Å². The van der Waals surface area contributed by atoms with E-state index >= 15 is 0 Å². The van der Waals surface area contributed by atoms with Crippen molar-refractivity contribution in [2.75, 3.05) is 0 Å². The molecule has 2 aromatic carbocycles. The summed E-state index contributed by atoms with van der Waals surface area (Å²) in [6.07, 6.45) is 0.833. The number of nitrogens with zero attached hydrogens (tertiary/aromatic N) is 3. The van der Waals surface area contributed by atoms with E-state index in [4.69, 9.17) is 0 Å². The first-order valence-corrected chi connectivity index (χ1v) is 10.4. The lowest BCUT2D eigenvalue weighted by Gasteiger charge is -2.26. The summed E-state index contributed by atoms with van der Waals surface area (Å²) in [4.78, 5) is 12.7. The van der Waals surface area contributed by atoms with E-state index in [1.807, 2.05) is 62.6 Å². The van der Waals surface area contributed by atoms with Crippen LogP contribution >= 0.6 is 11.8 Å². The average Bonchev–Trinajstić information content (AvgIpc) is 3.12. The van der Waals surface area contributed by atoms with Gasteiger partial charge in [0, 0.05) is 16.8 Å². The smallest absolute Gasteiger partial charge is 0.233 e. The zero-order valence-corrected chi connectivity index (χ0v) is 17.8. The number of amides is 1. The fraction of sp³-hybridized carbons (Fsp3) is 0.318. The van der Waals surface area contributed by atoms with Gasteiger partial charge < -0.3 is 5.32 Å². The molecule has 0 aliphatic carbocycles. The Balaban J connectivity index is 1.96. The summed E-state index contributed by atoms with van der Waals surface area (Å²) in [5.41, 5.74) is 1.35. The highest BCUT2D eigenvalue weighted by atomic mass is 32.2. The molecule has 29 heavy (non-hydrogen) atoms. The minimum Gasteiger partial charge on any atom is -0.350 e. The van der Waals surface area contributed by atoms with E-state index in [1.165, 1.54) is 23.9 Å². The first kappa shape index (κ1) is 21.0. The Labute approximate surface area is 174 Å². The summed E-state index contributed by atoms with van der Waals surface area (Å²) < 4.78 is 15.3. The van der Waals surface area contributed by atoms with Crippen LogP contribution in [0.5, 0.6) is 0 Å². The van der Waals surface area contributed by atoms with Crippen molar-refractivity contribution in [3.63, 3.8) is 0 Å². The molecule has 5 nitrogen and oxygen atoms in total. The fourth-order valence-electron chi connectivity index (χ4n) is 2.68. The summed E-state index contributed by atoms with van der Waals surface area (Å²) in [6, 6.07) is 15.8. The molecular weight excluding hydrogens is 387 g/mol. The Bertz CT molecular complexity index is 970. The highest BCUT2D eigenvalue weighted by Gasteiger charge is 2.25. The summed E-state index contributed by atoms with van der Waals surface area (Å²) in [7, 11) is 0. The number of nitrogens with one attached hydrogen (secondary N) is 1. The summed E-state index contributed by atoms with van der Waals surface area (Å²) in [5.74, 6) is 0.268. The number of carbonyl (C=O) groups excluding carboxylic acids is 1. The molecule has 1 unspecified atom stereocenters. The average molecular weight is 413 g/mol. The first-order chi connectivity index (χ1) is 13.8. The Kier molecular flexibility index (Phi) is 6.37. The largest absolute Gasteiger partial charge is 0.350 e. The molecule has 1 aromatic heterocycles. The van der Waals surface area contributed by atoms with E-state index in [-0.39, 0.29) is 22.5 Å². The van der Waals surface area contributed by atoms with Crippen molar-refractivity contribution < 1.29 is 9.18 Å². The molecular formula is C22H25FN4OS. The van der Waals surface area contributed by atoms with Crippen LogP contribution in [0.15, 0.2) is 59.8 Å². The second-order valence-corrected chi connectivity index (χ2v) is 8.78. The van der Waals surface area contributed by atoms with Gasteiger partial charge in [-0.2, -0.15) is 0 Å². The molecule has 1 atom stereocenters. The Morgan fingerprint density at radius 3 is 2.41 bits per heavy atom. The normalized spacial score (nSPS) is 12.6. The maximum atomic E-state index is 13.5. The minimum atomic E-state index is -0.368. The maximum absolute atomic E-state index is 13.5. The molecule has 0 aliphatic heterocycles. The molecule has 0 bridgehead atoms. The number of benzene rings is 2. The van der Waals surface area contributed by atoms with E-state index < -0.39 is 0 Å². The lowest BCUT2D eigenvalue weighted by molar-refractivity contribution is -0.121. The third-order valence-electron chi connectivity index (χ3n) is 4.75. The minimum absolute atomic E-state index is 0.0585. The van der Waals surface area contributed by atoms with Crippen molar-refractivity contribution in [3.8, 4) is 17.1 Å². The van der Waals surface area contributed by atoms with Crippen LogP contribution in [-0.4, -0.2) is 31.5 Å². The van der Waals surface area contributed by atoms with Gasteiger partial charge in [-0.3, -0.25) is 9.36 Å². The second kappa shape index (κ2) is 8.78. The monoisotopic (exact) mass is 412 g/mol. The Hall–Kier alpha value is -2.67. The van der Waals surface area contributed by atoms with E-state index in [9.17, 15) is 9.18 Å². The summed E-state index contributed by atoms with van der Waals surface area (Å²) >= 11 is 1.33. The van der Waals surface area contributed by atoms with Crippen molar-refractivity contribution >= 4 is 17.7 Å². The molecule has 1 amide bonds. The summed E-state index contributed by atoms with van der Waals surface area (Å²) in [5, 5.41) is 12.0. The fourth-order valence-corrected chi connectivity index (χ4v) is 3.55. The van der Waals surface area contributed by atoms with Gasteiger partial charge in [-0.15, -0.1) is 10.2 Å². The number of aromatic nitrogens is 3. The standard InChI is InChI=1S/C22H25FN4OS/c1-5-22(3,4)24-20(28)15(2)29-21-26-25-19(16-9-7-6-8-10-16)27(21)18-13-11-17(23)12-14-18/h6-15H,5H2,1-4H3,(H,24,28). The molecule has 0 saturated carbocycles. The van der Waals surface area contributed by atoms with E-state index in [0.29, 0.717) is 11.0 Å². The molecule has 0 radical (unpaired) electrons. The van der Waals surface area contributed by atoms with Crippen molar-refractivity contribution in [2.45, 2.75) is 50.1 Å². The van der Waals surface area contributed by atoms with Crippen LogP contribution in [-0.2, 0) is 4.79 Å².